The van der Waals surface area contributed by atoms with Gasteiger partial charge in [-0.25, -0.2) is 0 Å². The van der Waals surface area contributed by atoms with Gasteiger partial charge in [-0.05, 0) is 86.7 Å². The number of thiophene rings is 1. The summed E-state index contributed by atoms with van der Waals surface area (Å²) in [5.41, 5.74) is 1.33. The SMILES string of the molecule is CCCNC(c1cc(Br)ccc1I)c1sccc1Br. The Labute approximate surface area is 148 Å². The van der Waals surface area contributed by atoms with E-state index in [0.29, 0.717) is 0 Å². The molecule has 0 aliphatic rings. The zero-order valence-electron chi connectivity index (χ0n) is 10.4. The zero-order chi connectivity index (χ0) is 13.8. The number of nitrogens with one attached hydrogen (secondary N) is 1. The second-order valence-electron chi connectivity index (χ2n) is 4.19. The normalized spacial score (nSPS) is 12.6. The third-order valence-corrected chi connectivity index (χ3v) is 6.19. The monoisotopic (exact) mass is 513 g/mol. The van der Waals surface area contributed by atoms with Gasteiger partial charge in [-0.1, -0.05) is 22.9 Å². The molecule has 19 heavy (non-hydrogen) atoms. The fourth-order valence-electron chi connectivity index (χ4n) is 1.88. The molecule has 1 aromatic carbocycles. The molecule has 102 valence electrons. The van der Waals surface area contributed by atoms with Crippen molar-refractivity contribution in [3.8, 4) is 0 Å². The average molecular weight is 515 g/mol. The number of rotatable bonds is 5. The Balaban J connectivity index is 2.42. The summed E-state index contributed by atoms with van der Waals surface area (Å²) in [5.74, 6) is 0. The van der Waals surface area contributed by atoms with Gasteiger partial charge in [0, 0.05) is 17.4 Å². The van der Waals surface area contributed by atoms with Gasteiger partial charge in [0.15, 0.2) is 0 Å². The molecule has 2 aromatic rings. The first-order valence-corrected chi connectivity index (χ1v) is 9.59. The maximum absolute atomic E-state index is 3.66. The lowest BCUT2D eigenvalue weighted by atomic mass is 10.1. The third-order valence-electron chi connectivity index (χ3n) is 2.77. The van der Waals surface area contributed by atoms with Gasteiger partial charge in [0.25, 0.3) is 0 Å². The first kappa shape index (κ1) is 15.9. The van der Waals surface area contributed by atoms with Crippen molar-refractivity contribution in [3.63, 3.8) is 0 Å². The smallest absolute Gasteiger partial charge is 0.0693 e. The van der Waals surface area contributed by atoms with Crippen molar-refractivity contribution in [2.24, 2.45) is 0 Å². The van der Waals surface area contributed by atoms with E-state index in [1.165, 1.54) is 18.5 Å². The Kier molecular flexibility index (Phi) is 6.33. The highest BCUT2D eigenvalue weighted by Gasteiger charge is 2.20. The highest BCUT2D eigenvalue weighted by atomic mass is 127. The van der Waals surface area contributed by atoms with Crippen LogP contribution in [0.3, 0.4) is 0 Å². The molecule has 0 amide bonds. The van der Waals surface area contributed by atoms with Crippen molar-refractivity contribution < 1.29 is 0 Å². The van der Waals surface area contributed by atoms with Gasteiger partial charge in [-0.2, -0.15) is 0 Å². The molecule has 5 heteroatoms. The number of benzene rings is 1. The average Bonchev–Trinajstić information content (AvgIpc) is 2.80. The number of hydrogen-bond donors (Lipinski definition) is 1. The van der Waals surface area contributed by atoms with Crippen LogP contribution in [0, 0.1) is 3.57 Å². The Hall–Kier alpha value is 0.570. The highest BCUT2D eigenvalue weighted by molar-refractivity contribution is 14.1. The van der Waals surface area contributed by atoms with Crippen LogP contribution < -0.4 is 5.32 Å². The Morgan fingerprint density at radius 2 is 2.11 bits per heavy atom. The summed E-state index contributed by atoms with van der Waals surface area (Å²) in [6.45, 7) is 3.21. The van der Waals surface area contributed by atoms with Gasteiger partial charge in [0.1, 0.15) is 0 Å². The quantitative estimate of drug-likeness (QED) is 0.485. The van der Waals surface area contributed by atoms with Crippen LogP contribution in [-0.4, -0.2) is 6.54 Å². The van der Waals surface area contributed by atoms with Gasteiger partial charge in [-0.15, -0.1) is 11.3 Å². The van der Waals surface area contributed by atoms with Crippen molar-refractivity contribution in [2.75, 3.05) is 6.54 Å². The predicted octanol–water partition coefficient (Wildman–Crippen LogP) is 5.97. The molecule has 1 atom stereocenters. The van der Waals surface area contributed by atoms with E-state index in [0.717, 1.165) is 17.4 Å². The minimum absolute atomic E-state index is 0.249. The molecule has 1 aromatic heterocycles. The number of hydrogen-bond acceptors (Lipinski definition) is 2. The van der Waals surface area contributed by atoms with Gasteiger partial charge < -0.3 is 5.32 Å². The summed E-state index contributed by atoms with van der Waals surface area (Å²) in [5, 5.41) is 5.78. The van der Waals surface area contributed by atoms with E-state index in [1.807, 2.05) is 0 Å². The van der Waals surface area contributed by atoms with E-state index >= 15 is 0 Å². The standard InChI is InChI=1S/C14H14Br2INS/c1-2-6-18-13(14-11(16)5-7-19-14)10-8-9(15)3-4-12(10)17/h3-5,7-8,13,18H,2,6H2,1H3. The number of halogens is 3. The molecule has 0 saturated heterocycles. The predicted molar refractivity (Wildman–Crippen MR) is 99.0 cm³/mol. The molecule has 0 aliphatic heterocycles. The molecule has 0 spiro atoms. The van der Waals surface area contributed by atoms with Crippen LogP contribution in [0.4, 0.5) is 0 Å². The van der Waals surface area contributed by atoms with E-state index < -0.39 is 0 Å². The van der Waals surface area contributed by atoms with E-state index in [9.17, 15) is 0 Å². The first-order valence-electron chi connectivity index (χ1n) is 6.04. The first-order chi connectivity index (χ1) is 9.13. The van der Waals surface area contributed by atoms with Crippen molar-refractivity contribution in [1.82, 2.24) is 5.32 Å². The lowest BCUT2D eigenvalue weighted by Crippen LogP contribution is -2.23. The molecular formula is C14H14Br2INS. The van der Waals surface area contributed by atoms with Crippen LogP contribution >= 0.6 is 65.8 Å². The van der Waals surface area contributed by atoms with Crippen molar-refractivity contribution in [2.45, 2.75) is 19.4 Å². The largest absolute Gasteiger partial charge is 0.306 e. The Morgan fingerprint density at radius 1 is 1.32 bits per heavy atom. The van der Waals surface area contributed by atoms with Crippen LogP contribution in [0.1, 0.15) is 29.8 Å². The van der Waals surface area contributed by atoms with Crippen molar-refractivity contribution >= 4 is 65.8 Å². The summed E-state index contributed by atoms with van der Waals surface area (Å²) in [4.78, 5) is 1.34. The second-order valence-corrected chi connectivity index (χ2v) is 8.07. The van der Waals surface area contributed by atoms with Gasteiger partial charge >= 0.3 is 0 Å². The molecule has 0 bridgehead atoms. The maximum Gasteiger partial charge on any atom is 0.0693 e. The molecule has 1 unspecified atom stereocenters. The minimum atomic E-state index is 0.249. The van der Waals surface area contributed by atoms with Crippen LogP contribution in [-0.2, 0) is 0 Å². The fourth-order valence-corrected chi connectivity index (χ4v) is 4.60. The summed E-state index contributed by atoms with van der Waals surface area (Å²) in [7, 11) is 0. The van der Waals surface area contributed by atoms with E-state index in [4.69, 9.17) is 0 Å². The molecule has 0 aliphatic carbocycles. The molecular weight excluding hydrogens is 501 g/mol. The summed E-state index contributed by atoms with van der Waals surface area (Å²) in [6.07, 6.45) is 1.13. The maximum atomic E-state index is 3.66. The highest BCUT2D eigenvalue weighted by Crippen LogP contribution is 2.36. The molecule has 1 nitrogen and oxygen atoms in total. The fraction of sp³-hybridized carbons (Fsp3) is 0.286. The second kappa shape index (κ2) is 7.54. The lowest BCUT2D eigenvalue weighted by Gasteiger charge is -2.20. The van der Waals surface area contributed by atoms with Crippen LogP contribution in [0.5, 0.6) is 0 Å². The van der Waals surface area contributed by atoms with Gasteiger partial charge in [-0.3, -0.25) is 0 Å². The third kappa shape index (κ3) is 4.03. The zero-order valence-corrected chi connectivity index (χ0v) is 16.6. The van der Waals surface area contributed by atoms with E-state index in [-0.39, 0.29) is 6.04 Å². The molecule has 1 N–H and O–H groups in total. The van der Waals surface area contributed by atoms with Gasteiger partial charge in [0.2, 0.25) is 0 Å². The molecule has 2 rings (SSSR count). The molecule has 0 fully saturated rings. The summed E-state index contributed by atoms with van der Waals surface area (Å²) >= 11 is 11.4. The van der Waals surface area contributed by atoms with Crippen LogP contribution in [0.25, 0.3) is 0 Å². The Bertz CT molecular complexity index is 556. The summed E-state index contributed by atoms with van der Waals surface area (Å²) in [6, 6.07) is 8.82. The molecule has 0 radical (unpaired) electrons. The molecule has 0 saturated carbocycles. The van der Waals surface area contributed by atoms with E-state index in [2.05, 4.69) is 96.3 Å². The van der Waals surface area contributed by atoms with Gasteiger partial charge in [0.05, 0.1) is 6.04 Å². The summed E-state index contributed by atoms with van der Waals surface area (Å²) < 4.78 is 3.59. The Morgan fingerprint density at radius 3 is 2.74 bits per heavy atom. The minimum Gasteiger partial charge on any atom is -0.306 e. The topological polar surface area (TPSA) is 12.0 Å². The van der Waals surface area contributed by atoms with E-state index in [1.54, 1.807) is 11.3 Å². The van der Waals surface area contributed by atoms with Crippen molar-refractivity contribution in [3.05, 3.63) is 52.6 Å². The van der Waals surface area contributed by atoms with Crippen LogP contribution in [0.15, 0.2) is 38.6 Å². The van der Waals surface area contributed by atoms with Crippen molar-refractivity contribution in [1.29, 1.82) is 0 Å². The lowest BCUT2D eigenvalue weighted by molar-refractivity contribution is 0.602. The molecule has 1 heterocycles. The van der Waals surface area contributed by atoms with Crippen LogP contribution in [0.2, 0.25) is 0 Å².